The number of aryl methyl sites for hydroxylation is 1. The number of hydrogen-bond donors (Lipinski definition) is 3. The number of allylic oxidation sites excluding steroid dienone is 3. The van der Waals surface area contributed by atoms with E-state index in [1.54, 1.807) is 0 Å². The Morgan fingerprint density at radius 1 is 1.17 bits per heavy atom. The van der Waals surface area contributed by atoms with E-state index in [2.05, 4.69) is 41.9 Å². The molecule has 8 nitrogen and oxygen atoms in total. The molecule has 3 N–H and O–H groups in total. The van der Waals surface area contributed by atoms with Crippen LogP contribution in [0.1, 0.15) is 48.9 Å². The zero-order valence-corrected chi connectivity index (χ0v) is 20.2. The largest absolute Gasteiger partial charge is 0.358 e. The summed E-state index contributed by atoms with van der Waals surface area (Å²) < 4.78 is 5.75. The van der Waals surface area contributed by atoms with Crippen molar-refractivity contribution in [1.29, 1.82) is 0 Å². The van der Waals surface area contributed by atoms with E-state index in [0.717, 1.165) is 28.5 Å². The SMILES string of the molecule is C#C/C(=C\C=C/C)C(Nc1nc(C)cc(Nc2cc(C3CC3)[nH]n2)n1)c1cc(-c2ccccc2)no1. The summed E-state index contributed by atoms with van der Waals surface area (Å²) in [6, 6.07) is 15.1. The van der Waals surface area contributed by atoms with Gasteiger partial charge in [-0.15, -0.1) is 6.42 Å². The van der Waals surface area contributed by atoms with Crippen LogP contribution >= 0.6 is 0 Å². The first-order valence-electron chi connectivity index (χ1n) is 11.9. The second-order valence-corrected chi connectivity index (χ2v) is 8.68. The summed E-state index contributed by atoms with van der Waals surface area (Å²) in [7, 11) is 0. The second-order valence-electron chi connectivity index (χ2n) is 8.68. The minimum Gasteiger partial charge on any atom is -0.358 e. The summed E-state index contributed by atoms with van der Waals surface area (Å²) in [4.78, 5) is 9.24. The van der Waals surface area contributed by atoms with Gasteiger partial charge in [0.2, 0.25) is 5.95 Å². The first-order valence-corrected chi connectivity index (χ1v) is 11.9. The van der Waals surface area contributed by atoms with Crippen LogP contribution in [0.5, 0.6) is 0 Å². The molecule has 180 valence electrons. The third-order valence-electron chi connectivity index (χ3n) is 5.83. The summed E-state index contributed by atoms with van der Waals surface area (Å²) in [6.45, 7) is 3.84. The molecule has 36 heavy (non-hydrogen) atoms. The van der Waals surface area contributed by atoms with Crippen LogP contribution in [0.2, 0.25) is 0 Å². The molecule has 1 unspecified atom stereocenters. The number of benzene rings is 1. The van der Waals surface area contributed by atoms with Crippen LogP contribution in [0.4, 0.5) is 17.6 Å². The molecule has 1 aliphatic rings. The maximum atomic E-state index is 5.90. The van der Waals surface area contributed by atoms with E-state index < -0.39 is 6.04 Å². The van der Waals surface area contributed by atoms with Crippen molar-refractivity contribution >= 4 is 17.6 Å². The van der Waals surface area contributed by atoms with Crippen LogP contribution in [0, 0.1) is 19.3 Å². The van der Waals surface area contributed by atoms with Gasteiger partial charge in [0.1, 0.15) is 17.6 Å². The number of hydrogen-bond acceptors (Lipinski definition) is 7. The van der Waals surface area contributed by atoms with Crippen LogP contribution in [0.3, 0.4) is 0 Å². The van der Waals surface area contributed by atoms with Gasteiger partial charge in [0.15, 0.2) is 11.6 Å². The van der Waals surface area contributed by atoms with E-state index in [-0.39, 0.29) is 0 Å². The highest BCUT2D eigenvalue weighted by molar-refractivity contribution is 5.60. The molecule has 0 saturated heterocycles. The lowest BCUT2D eigenvalue weighted by Crippen LogP contribution is -2.15. The molecule has 4 aromatic rings. The Balaban J connectivity index is 1.44. The third-order valence-corrected chi connectivity index (χ3v) is 5.83. The highest BCUT2D eigenvalue weighted by atomic mass is 16.5. The summed E-state index contributed by atoms with van der Waals surface area (Å²) >= 11 is 0. The lowest BCUT2D eigenvalue weighted by Gasteiger charge is -2.17. The molecule has 0 bridgehead atoms. The molecule has 0 spiro atoms. The van der Waals surface area contributed by atoms with E-state index in [9.17, 15) is 0 Å². The second kappa shape index (κ2) is 10.3. The molecule has 1 aliphatic carbocycles. The number of anilines is 3. The maximum Gasteiger partial charge on any atom is 0.225 e. The van der Waals surface area contributed by atoms with Gasteiger partial charge in [-0.25, -0.2) is 4.98 Å². The van der Waals surface area contributed by atoms with Crippen LogP contribution in [0.25, 0.3) is 11.3 Å². The number of nitrogens with one attached hydrogen (secondary N) is 3. The molecule has 1 atom stereocenters. The van der Waals surface area contributed by atoms with Crippen molar-refractivity contribution in [3.8, 4) is 23.6 Å². The molecule has 1 fully saturated rings. The Hall–Kier alpha value is -4.64. The van der Waals surface area contributed by atoms with Crippen molar-refractivity contribution < 1.29 is 4.52 Å². The number of nitrogens with zero attached hydrogens (tertiary/aromatic N) is 4. The van der Waals surface area contributed by atoms with Crippen molar-refractivity contribution in [2.45, 2.75) is 38.6 Å². The first kappa shape index (κ1) is 23.1. The molecule has 0 amide bonds. The third kappa shape index (κ3) is 5.36. The summed E-state index contributed by atoms with van der Waals surface area (Å²) in [6.07, 6.45) is 14.0. The predicted octanol–water partition coefficient (Wildman–Crippen LogP) is 6.07. The first-order chi connectivity index (χ1) is 17.6. The number of rotatable bonds is 9. The normalized spacial score (nSPS) is 14.5. The van der Waals surface area contributed by atoms with Crippen molar-refractivity contribution in [1.82, 2.24) is 25.3 Å². The Morgan fingerprint density at radius 3 is 2.75 bits per heavy atom. The van der Waals surface area contributed by atoms with E-state index in [4.69, 9.17) is 10.9 Å². The van der Waals surface area contributed by atoms with Gasteiger partial charge >= 0.3 is 0 Å². The highest BCUT2D eigenvalue weighted by Crippen LogP contribution is 2.39. The minimum atomic E-state index is -0.516. The lowest BCUT2D eigenvalue weighted by atomic mass is 10.0. The zero-order chi connectivity index (χ0) is 24.9. The number of aromatic amines is 1. The van der Waals surface area contributed by atoms with Gasteiger partial charge < -0.3 is 15.2 Å². The summed E-state index contributed by atoms with van der Waals surface area (Å²) in [5, 5.41) is 18.4. The molecule has 3 heterocycles. The number of H-pyrrole nitrogens is 1. The van der Waals surface area contributed by atoms with E-state index in [1.807, 2.05) is 80.6 Å². The summed E-state index contributed by atoms with van der Waals surface area (Å²) in [5.74, 6) is 5.66. The standard InChI is InChI=1S/C28H27N7O/c1-4-6-10-19(5-2)27(24-16-23(35-36-24)20-11-8-7-9-12-20)32-28-29-18(3)15-25(31-28)30-26-17-22(33-34-26)21-13-14-21/h2,4,6-12,15-17,21,27H,13-14H2,1,3H3,(H3,29,30,31,32,33,34)/b6-4-,19-10+. The Bertz CT molecular complexity index is 1440. The Morgan fingerprint density at radius 2 is 2.00 bits per heavy atom. The Labute approximate surface area is 209 Å². The average molecular weight is 478 g/mol. The van der Waals surface area contributed by atoms with Crippen LogP contribution in [-0.4, -0.2) is 25.3 Å². The molecule has 1 saturated carbocycles. The van der Waals surface area contributed by atoms with Crippen molar-refractivity contribution in [2.24, 2.45) is 0 Å². The van der Waals surface area contributed by atoms with Gasteiger partial charge in [0, 0.05) is 46.6 Å². The smallest absolute Gasteiger partial charge is 0.225 e. The fraction of sp³-hybridized carbons (Fsp3) is 0.214. The van der Waals surface area contributed by atoms with Gasteiger partial charge in [0.25, 0.3) is 0 Å². The monoisotopic (exact) mass is 477 g/mol. The zero-order valence-electron chi connectivity index (χ0n) is 20.2. The molecule has 3 aromatic heterocycles. The Kier molecular flexibility index (Phi) is 6.63. The van der Waals surface area contributed by atoms with Crippen molar-refractivity contribution in [3.05, 3.63) is 89.5 Å². The lowest BCUT2D eigenvalue weighted by molar-refractivity contribution is 0.379. The van der Waals surface area contributed by atoms with E-state index in [0.29, 0.717) is 29.0 Å². The van der Waals surface area contributed by atoms with Crippen molar-refractivity contribution in [2.75, 3.05) is 10.6 Å². The highest BCUT2D eigenvalue weighted by Gasteiger charge is 2.26. The van der Waals surface area contributed by atoms with Crippen LogP contribution in [0.15, 0.2) is 76.9 Å². The fourth-order valence-corrected chi connectivity index (χ4v) is 3.86. The van der Waals surface area contributed by atoms with E-state index in [1.165, 1.54) is 12.8 Å². The predicted molar refractivity (Wildman–Crippen MR) is 141 cm³/mol. The van der Waals surface area contributed by atoms with Crippen molar-refractivity contribution in [3.63, 3.8) is 0 Å². The molecule has 0 aliphatic heterocycles. The molecule has 5 rings (SSSR count). The summed E-state index contributed by atoms with van der Waals surface area (Å²) in [5.41, 5.74) is 4.26. The topological polar surface area (TPSA) is 105 Å². The molecule has 1 aromatic carbocycles. The van der Waals surface area contributed by atoms with Gasteiger partial charge in [-0.3, -0.25) is 5.10 Å². The van der Waals surface area contributed by atoms with Gasteiger partial charge in [0.05, 0.1) is 0 Å². The maximum absolute atomic E-state index is 5.90. The quantitative estimate of drug-likeness (QED) is 0.198. The molecule has 8 heteroatoms. The number of terminal acetylenes is 1. The number of aromatic nitrogens is 5. The molecular formula is C28H27N7O. The van der Waals surface area contributed by atoms with Gasteiger partial charge in [-0.1, -0.05) is 53.6 Å². The molecular weight excluding hydrogens is 450 g/mol. The van der Waals surface area contributed by atoms with Gasteiger partial charge in [-0.05, 0) is 32.8 Å². The average Bonchev–Trinajstić information content (AvgIpc) is 3.43. The van der Waals surface area contributed by atoms with Crippen LogP contribution in [-0.2, 0) is 0 Å². The minimum absolute atomic E-state index is 0.403. The molecule has 0 radical (unpaired) electrons. The van der Waals surface area contributed by atoms with Gasteiger partial charge in [-0.2, -0.15) is 10.1 Å². The van der Waals surface area contributed by atoms with Crippen LogP contribution < -0.4 is 10.6 Å². The fourth-order valence-electron chi connectivity index (χ4n) is 3.86. The van der Waals surface area contributed by atoms with E-state index >= 15 is 0 Å².